The number of benzene rings is 2. The number of nitrogens with one attached hydrogen (secondary N) is 2. The molecule has 202 valence electrons. The molecule has 10 heteroatoms. The number of aryl methyl sites for hydroxylation is 1. The number of amides is 3. The molecule has 3 saturated heterocycles. The summed E-state index contributed by atoms with van der Waals surface area (Å²) in [5.74, 6) is -2.08. The van der Waals surface area contributed by atoms with Gasteiger partial charge in [-0.3, -0.25) is 14.4 Å². The van der Waals surface area contributed by atoms with Gasteiger partial charge in [0.05, 0.1) is 47.9 Å². The highest BCUT2D eigenvalue weighted by molar-refractivity contribution is 6.34. The summed E-state index contributed by atoms with van der Waals surface area (Å²) >= 11 is 6.36. The molecule has 0 aromatic heterocycles. The minimum absolute atomic E-state index is 0.335. The van der Waals surface area contributed by atoms with Gasteiger partial charge in [-0.25, -0.2) is 0 Å². The van der Waals surface area contributed by atoms with Crippen LogP contribution in [0.15, 0.2) is 42.5 Å². The Bertz CT molecular complexity index is 1230. The molecule has 9 nitrogen and oxygen atoms in total. The van der Waals surface area contributed by atoms with Gasteiger partial charge in [-0.05, 0) is 69.5 Å². The number of likely N-dealkylation sites (tertiary alicyclic amines) is 1. The SMILES string of the molecule is CCOc1ccc(NC(=O)[C@@H]2[C@H]3C(=O)N([C@H](C)CO)C(C(=O)Nc4c(C)cccc4Cl)C34CC[C@H]2O4)cc1. The van der Waals surface area contributed by atoms with E-state index in [2.05, 4.69) is 10.6 Å². The number of carbonyl (C=O) groups is 3. The summed E-state index contributed by atoms with van der Waals surface area (Å²) in [7, 11) is 0. The zero-order valence-corrected chi connectivity index (χ0v) is 22.3. The zero-order chi connectivity index (χ0) is 27.2. The molecule has 3 amide bonds. The Morgan fingerprint density at radius 1 is 1.21 bits per heavy atom. The van der Waals surface area contributed by atoms with Gasteiger partial charge in [0.25, 0.3) is 0 Å². The van der Waals surface area contributed by atoms with Gasteiger partial charge in [-0.1, -0.05) is 23.7 Å². The Hall–Kier alpha value is -3.14. The number of fused-ring (bicyclic) bond motifs is 1. The summed E-state index contributed by atoms with van der Waals surface area (Å²) in [6, 6.07) is 10.6. The van der Waals surface area contributed by atoms with Crippen LogP contribution in [0.3, 0.4) is 0 Å². The smallest absolute Gasteiger partial charge is 0.250 e. The van der Waals surface area contributed by atoms with Crippen molar-refractivity contribution in [2.24, 2.45) is 11.8 Å². The van der Waals surface area contributed by atoms with Crippen molar-refractivity contribution in [2.45, 2.75) is 57.4 Å². The molecule has 6 atom stereocenters. The summed E-state index contributed by atoms with van der Waals surface area (Å²) < 4.78 is 11.9. The molecule has 2 bridgehead atoms. The fourth-order valence-electron chi connectivity index (χ4n) is 6.26. The van der Waals surface area contributed by atoms with E-state index in [1.165, 1.54) is 4.90 Å². The van der Waals surface area contributed by atoms with E-state index in [4.69, 9.17) is 21.1 Å². The molecule has 2 aromatic carbocycles. The number of carbonyl (C=O) groups excluding carboxylic acids is 3. The van der Waals surface area contributed by atoms with Crippen molar-refractivity contribution in [2.75, 3.05) is 23.8 Å². The van der Waals surface area contributed by atoms with Gasteiger partial charge in [0.1, 0.15) is 17.4 Å². The topological polar surface area (TPSA) is 117 Å². The molecule has 2 aromatic rings. The van der Waals surface area contributed by atoms with E-state index < -0.39 is 41.5 Å². The van der Waals surface area contributed by atoms with Crippen LogP contribution in [-0.4, -0.2) is 64.7 Å². The summed E-state index contributed by atoms with van der Waals surface area (Å²) in [5.41, 5.74) is 0.631. The lowest BCUT2D eigenvalue weighted by molar-refractivity contribution is -0.142. The maximum absolute atomic E-state index is 13.9. The molecule has 2 unspecified atom stereocenters. The monoisotopic (exact) mass is 541 g/mol. The average molecular weight is 542 g/mol. The molecule has 3 aliphatic heterocycles. The van der Waals surface area contributed by atoms with E-state index in [9.17, 15) is 19.5 Å². The summed E-state index contributed by atoms with van der Waals surface area (Å²) in [4.78, 5) is 42.7. The van der Waals surface area contributed by atoms with Crippen LogP contribution in [0, 0.1) is 18.8 Å². The maximum Gasteiger partial charge on any atom is 0.250 e. The van der Waals surface area contributed by atoms with Gasteiger partial charge in [0.2, 0.25) is 17.7 Å². The first-order valence-corrected chi connectivity index (χ1v) is 13.3. The second-order valence-electron chi connectivity index (χ2n) is 10.2. The van der Waals surface area contributed by atoms with Gasteiger partial charge >= 0.3 is 0 Å². The second-order valence-corrected chi connectivity index (χ2v) is 10.6. The van der Waals surface area contributed by atoms with Crippen molar-refractivity contribution >= 4 is 40.7 Å². The average Bonchev–Trinajstić information content (AvgIpc) is 3.54. The Morgan fingerprint density at radius 2 is 1.95 bits per heavy atom. The van der Waals surface area contributed by atoms with Gasteiger partial charge in [-0.15, -0.1) is 0 Å². The summed E-state index contributed by atoms with van der Waals surface area (Å²) in [5, 5.41) is 16.2. The van der Waals surface area contributed by atoms with Gasteiger partial charge in [0, 0.05) is 5.69 Å². The van der Waals surface area contributed by atoms with Crippen LogP contribution < -0.4 is 15.4 Å². The number of hydrogen-bond donors (Lipinski definition) is 3. The number of halogens is 1. The molecule has 3 fully saturated rings. The van der Waals surface area contributed by atoms with Crippen LogP contribution in [0.5, 0.6) is 5.75 Å². The largest absolute Gasteiger partial charge is 0.494 e. The predicted molar refractivity (Wildman–Crippen MR) is 142 cm³/mol. The Labute approximate surface area is 226 Å². The molecule has 3 heterocycles. The highest BCUT2D eigenvalue weighted by atomic mass is 35.5. The third-order valence-electron chi connectivity index (χ3n) is 7.93. The third kappa shape index (κ3) is 4.22. The Kier molecular flexibility index (Phi) is 7.11. The minimum Gasteiger partial charge on any atom is -0.494 e. The highest BCUT2D eigenvalue weighted by Gasteiger charge is 2.74. The first-order chi connectivity index (χ1) is 18.2. The van der Waals surface area contributed by atoms with E-state index in [1.807, 2.05) is 19.9 Å². The molecule has 3 aliphatic rings. The number of rotatable bonds is 8. The normalized spacial score (nSPS) is 28.2. The van der Waals surface area contributed by atoms with Crippen LogP contribution >= 0.6 is 11.6 Å². The molecule has 5 rings (SSSR count). The van der Waals surface area contributed by atoms with E-state index in [1.54, 1.807) is 43.3 Å². The minimum atomic E-state index is -1.18. The number of anilines is 2. The van der Waals surface area contributed by atoms with Crippen LogP contribution in [0.25, 0.3) is 0 Å². The van der Waals surface area contributed by atoms with E-state index in [0.717, 1.165) is 5.56 Å². The number of hydrogen-bond acceptors (Lipinski definition) is 6. The lowest BCUT2D eigenvalue weighted by atomic mass is 9.70. The molecule has 1 spiro atoms. The van der Waals surface area contributed by atoms with Crippen LogP contribution in [0.4, 0.5) is 11.4 Å². The number of aliphatic hydroxyl groups is 1. The molecular formula is C28H32ClN3O6. The van der Waals surface area contributed by atoms with Crippen molar-refractivity contribution in [1.82, 2.24) is 4.90 Å². The zero-order valence-electron chi connectivity index (χ0n) is 21.6. The molecule has 0 saturated carbocycles. The van der Waals surface area contributed by atoms with E-state index in [-0.39, 0.29) is 18.4 Å². The van der Waals surface area contributed by atoms with Crippen molar-refractivity contribution < 1.29 is 29.0 Å². The van der Waals surface area contributed by atoms with Crippen molar-refractivity contribution in [3.63, 3.8) is 0 Å². The summed E-state index contributed by atoms with van der Waals surface area (Å²) in [6.45, 7) is 5.60. The highest BCUT2D eigenvalue weighted by Crippen LogP contribution is 2.59. The number of para-hydroxylation sites is 1. The number of aliphatic hydroxyl groups excluding tert-OH is 1. The first kappa shape index (κ1) is 26.5. The van der Waals surface area contributed by atoms with Crippen molar-refractivity contribution in [3.05, 3.63) is 53.1 Å². The molecule has 0 radical (unpaired) electrons. The predicted octanol–water partition coefficient (Wildman–Crippen LogP) is 3.38. The second kappa shape index (κ2) is 10.2. The Balaban J connectivity index is 1.45. The molecule has 38 heavy (non-hydrogen) atoms. The molecule has 3 N–H and O–H groups in total. The quantitative estimate of drug-likeness (QED) is 0.472. The van der Waals surface area contributed by atoms with Gasteiger partial charge in [0.15, 0.2) is 0 Å². The Morgan fingerprint density at radius 3 is 2.61 bits per heavy atom. The molecule has 0 aliphatic carbocycles. The summed E-state index contributed by atoms with van der Waals surface area (Å²) in [6.07, 6.45) is 0.506. The van der Waals surface area contributed by atoms with E-state index >= 15 is 0 Å². The fraction of sp³-hybridized carbons (Fsp3) is 0.464. The van der Waals surface area contributed by atoms with Crippen LogP contribution in [0.2, 0.25) is 5.02 Å². The standard InChI is InChI=1S/C28H32ClN3O6/c1-4-37-18-10-8-17(9-11-18)30-25(34)21-20-12-13-28(38-20)22(21)27(36)32(16(3)14-33)24(28)26(35)31-23-15(2)6-5-7-19(23)29/h5-11,16,20-22,24,33H,4,12-14H2,1-3H3,(H,30,34)(H,31,35)/t16-,20-,21+,22+,24?,28?/m1/s1. The van der Waals surface area contributed by atoms with Crippen LogP contribution in [0.1, 0.15) is 32.3 Å². The van der Waals surface area contributed by atoms with Gasteiger partial charge < -0.3 is 30.1 Å². The van der Waals surface area contributed by atoms with Crippen molar-refractivity contribution in [3.8, 4) is 5.75 Å². The number of nitrogens with zero attached hydrogens (tertiary/aromatic N) is 1. The third-order valence-corrected chi connectivity index (χ3v) is 8.25. The van der Waals surface area contributed by atoms with Crippen LogP contribution in [-0.2, 0) is 19.1 Å². The first-order valence-electron chi connectivity index (χ1n) is 12.9. The lowest BCUT2D eigenvalue weighted by Gasteiger charge is -2.35. The fourth-order valence-corrected chi connectivity index (χ4v) is 6.53. The van der Waals surface area contributed by atoms with E-state index in [0.29, 0.717) is 41.6 Å². The maximum atomic E-state index is 13.9. The van der Waals surface area contributed by atoms with Gasteiger partial charge in [-0.2, -0.15) is 0 Å². The lowest BCUT2D eigenvalue weighted by Crippen LogP contribution is -2.55. The number of ether oxygens (including phenoxy) is 2. The van der Waals surface area contributed by atoms with Crippen molar-refractivity contribution in [1.29, 1.82) is 0 Å². The molecular weight excluding hydrogens is 510 g/mol.